The summed E-state index contributed by atoms with van der Waals surface area (Å²) in [4.78, 5) is 14.3. The van der Waals surface area contributed by atoms with E-state index in [0.29, 0.717) is 17.2 Å². The summed E-state index contributed by atoms with van der Waals surface area (Å²) in [5, 5.41) is 5.55. The van der Waals surface area contributed by atoms with Crippen molar-refractivity contribution >= 4 is 78.7 Å². The lowest BCUT2D eigenvalue weighted by Crippen LogP contribution is -2.54. The average molecular weight is 475 g/mol. The first-order valence-electron chi connectivity index (χ1n) is 8.67. The number of amides is 1. The Bertz CT molecular complexity index is 1180. The Balaban J connectivity index is 1.83. The molecular weight excluding hydrogens is 458 g/mol. The molecule has 0 spiro atoms. The minimum atomic E-state index is -0.668. The lowest BCUT2D eigenvalue weighted by Gasteiger charge is -2.32. The number of carbonyl (C=O) groups excluding carboxylic acids is 1. The fraction of sp³-hybridized carbons (Fsp3) is 0.143. The number of halogens is 2. The zero-order chi connectivity index (χ0) is 20.0. The van der Waals surface area contributed by atoms with Gasteiger partial charge in [-0.1, -0.05) is 39.7 Å². The van der Waals surface area contributed by atoms with E-state index in [2.05, 4.69) is 56.7 Å². The minimum absolute atomic E-state index is 0.204. The highest BCUT2D eigenvalue weighted by Gasteiger charge is 2.32. The van der Waals surface area contributed by atoms with E-state index >= 15 is 0 Å². The fourth-order valence-corrected chi connectivity index (χ4v) is 4.49. The highest BCUT2D eigenvalue weighted by molar-refractivity contribution is 9.10. The Hall–Kier alpha value is -2.15. The van der Waals surface area contributed by atoms with E-state index in [1.54, 1.807) is 6.08 Å². The molecule has 0 radical (unpaired) electrons. The maximum Gasteiger partial charge on any atom is 0.259 e. The van der Waals surface area contributed by atoms with Crippen LogP contribution in [-0.2, 0) is 11.8 Å². The van der Waals surface area contributed by atoms with E-state index in [-0.39, 0.29) is 5.91 Å². The van der Waals surface area contributed by atoms with E-state index in [1.807, 2.05) is 25.3 Å². The van der Waals surface area contributed by atoms with Gasteiger partial charge >= 0.3 is 0 Å². The Morgan fingerprint density at radius 3 is 2.64 bits per heavy atom. The van der Waals surface area contributed by atoms with Crippen LogP contribution in [0.2, 0.25) is 0 Å². The minimum Gasteiger partial charge on any atom is -0.344 e. The first-order chi connectivity index (χ1) is 13.4. The highest BCUT2D eigenvalue weighted by Crippen LogP contribution is 2.32. The third kappa shape index (κ3) is 3.15. The first kappa shape index (κ1) is 19.2. The monoisotopic (exact) mass is 473 g/mol. The van der Waals surface area contributed by atoms with Crippen LogP contribution in [0.15, 0.2) is 59.1 Å². The quantitative estimate of drug-likeness (QED) is 0.192. The molecule has 1 aliphatic heterocycles. The van der Waals surface area contributed by atoms with Gasteiger partial charge in [0.25, 0.3) is 5.91 Å². The molecule has 1 fully saturated rings. The van der Waals surface area contributed by atoms with Crippen LogP contribution in [-0.4, -0.2) is 32.5 Å². The highest BCUT2D eigenvalue weighted by atomic mass is 79.9. The summed E-state index contributed by atoms with van der Waals surface area (Å²) < 4.78 is 3.19. The summed E-state index contributed by atoms with van der Waals surface area (Å²) in [5.74, 6) is -0.204. The van der Waals surface area contributed by atoms with E-state index in [0.717, 1.165) is 31.8 Å². The van der Waals surface area contributed by atoms with Crippen molar-refractivity contribution in [3.8, 4) is 0 Å². The Morgan fingerprint density at radius 2 is 1.93 bits per heavy atom. The van der Waals surface area contributed by atoms with Gasteiger partial charge in [-0.15, -0.1) is 6.58 Å². The summed E-state index contributed by atoms with van der Waals surface area (Å²) in [6, 6.07) is 12.4. The lowest BCUT2D eigenvalue weighted by atomic mass is 10.0. The average Bonchev–Trinajstić information content (AvgIpc) is 2.93. The van der Waals surface area contributed by atoms with Gasteiger partial charge in [-0.3, -0.25) is 9.69 Å². The van der Waals surface area contributed by atoms with Crippen molar-refractivity contribution in [3.05, 3.63) is 64.7 Å². The number of nitrogens with one attached hydrogen (secondary N) is 1. The number of aromatic nitrogens is 1. The molecule has 1 atom stereocenters. The van der Waals surface area contributed by atoms with E-state index in [4.69, 9.17) is 23.8 Å². The van der Waals surface area contributed by atoms with Gasteiger partial charge in [-0.2, -0.15) is 0 Å². The molecule has 1 unspecified atom stereocenters. The largest absolute Gasteiger partial charge is 0.344 e. The molecule has 4 rings (SSSR count). The first-order valence-corrected chi connectivity index (χ1v) is 10.3. The number of alkyl halides is 1. The van der Waals surface area contributed by atoms with Crippen LogP contribution in [0.25, 0.3) is 27.9 Å². The number of aryl methyl sites for hydroxylation is 1. The fourth-order valence-electron chi connectivity index (χ4n) is 3.53. The van der Waals surface area contributed by atoms with Crippen LogP contribution in [0.4, 0.5) is 0 Å². The summed E-state index contributed by atoms with van der Waals surface area (Å²) in [7, 11) is 2.05. The summed E-state index contributed by atoms with van der Waals surface area (Å²) in [5.41, 5.74) is 2.97. The zero-order valence-electron chi connectivity index (χ0n) is 15.1. The maximum absolute atomic E-state index is 12.9. The molecule has 28 heavy (non-hydrogen) atoms. The number of rotatable bonds is 3. The molecule has 1 N–H and O–H groups in total. The maximum atomic E-state index is 12.9. The van der Waals surface area contributed by atoms with Gasteiger partial charge in [0.2, 0.25) is 0 Å². The normalized spacial score (nSPS) is 18.9. The molecule has 4 nitrogen and oxygen atoms in total. The molecule has 7 heteroatoms. The molecule has 1 aromatic heterocycles. The Kier molecular flexibility index (Phi) is 5.04. The third-order valence-electron chi connectivity index (χ3n) is 4.89. The van der Waals surface area contributed by atoms with Crippen LogP contribution in [0, 0.1) is 0 Å². The molecular formula is C21H17BrClN3OS. The van der Waals surface area contributed by atoms with Gasteiger partial charge in [0.1, 0.15) is 5.50 Å². The number of carbonyl (C=O) groups is 1. The number of hydrogen-bond donors (Lipinski definition) is 1. The van der Waals surface area contributed by atoms with Crippen molar-refractivity contribution in [1.29, 1.82) is 0 Å². The molecule has 2 aromatic carbocycles. The van der Waals surface area contributed by atoms with Gasteiger partial charge in [0.05, 0.1) is 5.57 Å². The molecule has 2 heterocycles. The van der Waals surface area contributed by atoms with Gasteiger partial charge in [0.15, 0.2) is 5.11 Å². The van der Waals surface area contributed by atoms with Gasteiger partial charge in [0, 0.05) is 39.9 Å². The number of fused-ring (bicyclic) bond motifs is 3. The van der Waals surface area contributed by atoms with Gasteiger partial charge in [-0.05, 0) is 54.2 Å². The van der Waals surface area contributed by atoms with Crippen molar-refractivity contribution in [2.45, 2.75) is 5.50 Å². The molecule has 1 amide bonds. The summed E-state index contributed by atoms with van der Waals surface area (Å²) >= 11 is 15.1. The third-order valence-corrected chi connectivity index (χ3v) is 6.06. The molecule has 0 bridgehead atoms. The number of nitrogens with zero attached hydrogens (tertiary/aromatic N) is 2. The van der Waals surface area contributed by atoms with Crippen LogP contribution in [0.3, 0.4) is 0 Å². The number of benzene rings is 2. The molecule has 0 aliphatic carbocycles. The van der Waals surface area contributed by atoms with Crippen molar-refractivity contribution in [3.63, 3.8) is 0 Å². The predicted molar refractivity (Wildman–Crippen MR) is 123 cm³/mol. The van der Waals surface area contributed by atoms with Gasteiger partial charge in [-0.25, -0.2) is 0 Å². The van der Waals surface area contributed by atoms with E-state index < -0.39 is 5.50 Å². The van der Waals surface area contributed by atoms with Crippen molar-refractivity contribution in [1.82, 2.24) is 14.8 Å². The van der Waals surface area contributed by atoms with Crippen LogP contribution >= 0.6 is 39.7 Å². The van der Waals surface area contributed by atoms with E-state index in [1.165, 1.54) is 4.90 Å². The Labute approximate surface area is 181 Å². The SMILES string of the molecule is C=CCN1C(=O)/C(=C/c2ccc3c(c2)c2cc(Br)ccc2n3C)C(Cl)NC1=S. The smallest absolute Gasteiger partial charge is 0.259 e. The summed E-state index contributed by atoms with van der Waals surface area (Å²) in [6.45, 7) is 4.02. The van der Waals surface area contributed by atoms with Crippen molar-refractivity contribution < 1.29 is 4.79 Å². The predicted octanol–water partition coefficient (Wildman–Crippen LogP) is 4.95. The van der Waals surface area contributed by atoms with Crippen molar-refractivity contribution in [2.75, 3.05) is 6.54 Å². The standard InChI is InChI=1S/C21H17BrClN3OS/c1-3-8-26-20(27)16(19(23)24-21(26)28)10-12-4-6-17-14(9-12)15-11-13(22)5-7-18(15)25(17)2/h3-7,9-11,19H,1,8H2,2H3,(H,24,28)/b16-10+. The molecule has 142 valence electrons. The Morgan fingerprint density at radius 1 is 1.25 bits per heavy atom. The second-order valence-electron chi connectivity index (χ2n) is 6.61. The molecule has 3 aromatic rings. The van der Waals surface area contributed by atoms with Crippen molar-refractivity contribution in [2.24, 2.45) is 7.05 Å². The summed E-state index contributed by atoms with van der Waals surface area (Å²) in [6.07, 6.45) is 3.46. The zero-order valence-corrected chi connectivity index (χ0v) is 18.2. The van der Waals surface area contributed by atoms with Gasteiger partial charge < -0.3 is 9.88 Å². The second-order valence-corrected chi connectivity index (χ2v) is 8.35. The second kappa shape index (κ2) is 7.35. The molecule has 0 saturated carbocycles. The number of thiocarbonyl (C=S) groups is 1. The molecule has 1 saturated heterocycles. The molecule has 1 aliphatic rings. The van der Waals surface area contributed by atoms with E-state index in [9.17, 15) is 4.79 Å². The van der Waals surface area contributed by atoms with Crippen LogP contribution < -0.4 is 5.32 Å². The van der Waals surface area contributed by atoms with Crippen LogP contribution in [0.1, 0.15) is 5.56 Å². The van der Waals surface area contributed by atoms with Crippen LogP contribution in [0.5, 0.6) is 0 Å². The number of hydrogen-bond acceptors (Lipinski definition) is 2. The topological polar surface area (TPSA) is 37.3 Å². The lowest BCUT2D eigenvalue weighted by molar-refractivity contribution is -0.123.